The fourth-order valence-corrected chi connectivity index (χ4v) is 7.66. The third-order valence-electron chi connectivity index (χ3n) is 10.5. The molecular weight excluding hydrogens is 717 g/mol. The standard InChI is InChI=1S/C52H34N2O4/c55-51-47(31-39-25-27-45(33-49(39)57-51)53(41-13-5-1-6-14-41)42-15-7-2-8-16-42)37-23-21-36-30-38(24-22-35(36)29-37)48-32-40-26-28-46(34-50(40)58-52(48)56)54(43-17-9-3-10-18-43)44-19-11-4-12-20-44/h1-34H. The molecule has 0 unspecified atom stereocenters. The molecule has 0 radical (unpaired) electrons. The van der Waals surface area contributed by atoms with Crippen molar-refractivity contribution in [2.75, 3.05) is 9.80 Å². The molecule has 6 nitrogen and oxygen atoms in total. The van der Waals surface area contributed by atoms with E-state index in [4.69, 9.17) is 8.83 Å². The van der Waals surface area contributed by atoms with E-state index >= 15 is 0 Å². The van der Waals surface area contributed by atoms with Crippen LogP contribution in [0.4, 0.5) is 34.1 Å². The van der Waals surface area contributed by atoms with Gasteiger partial charge >= 0.3 is 11.3 Å². The minimum absolute atomic E-state index is 0.417. The van der Waals surface area contributed by atoms with E-state index in [9.17, 15) is 9.59 Å². The van der Waals surface area contributed by atoms with Crippen LogP contribution in [-0.2, 0) is 0 Å². The molecule has 0 aliphatic heterocycles. The van der Waals surface area contributed by atoms with Gasteiger partial charge in [-0.15, -0.1) is 0 Å². The van der Waals surface area contributed by atoms with E-state index in [2.05, 4.69) is 58.3 Å². The number of anilines is 6. The number of fused-ring (bicyclic) bond motifs is 3. The van der Waals surface area contributed by atoms with Crippen molar-refractivity contribution in [2.24, 2.45) is 0 Å². The molecule has 6 heteroatoms. The highest BCUT2D eigenvalue weighted by molar-refractivity contribution is 5.94. The fourth-order valence-electron chi connectivity index (χ4n) is 7.66. The summed E-state index contributed by atoms with van der Waals surface area (Å²) in [5.41, 5.74) is 8.36. The minimum atomic E-state index is -0.417. The second kappa shape index (κ2) is 14.6. The van der Waals surface area contributed by atoms with Crippen LogP contribution in [0.15, 0.2) is 225 Å². The van der Waals surface area contributed by atoms with Crippen LogP contribution in [0.1, 0.15) is 0 Å². The molecule has 0 fully saturated rings. The molecule has 0 spiro atoms. The van der Waals surface area contributed by atoms with Crippen molar-refractivity contribution in [3.8, 4) is 22.3 Å². The third-order valence-corrected chi connectivity index (χ3v) is 10.5. The largest absolute Gasteiger partial charge is 0.422 e. The van der Waals surface area contributed by atoms with Crippen molar-refractivity contribution in [1.82, 2.24) is 0 Å². The van der Waals surface area contributed by atoms with E-state index in [0.717, 1.165) is 66.8 Å². The van der Waals surface area contributed by atoms with Gasteiger partial charge in [-0.05, 0) is 119 Å². The monoisotopic (exact) mass is 750 g/mol. The number of hydrogen-bond acceptors (Lipinski definition) is 6. The molecule has 8 aromatic carbocycles. The highest BCUT2D eigenvalue weighted by Gasteiger charge is 2.17. The Kier molecular flexibility index (Phi) is 8.69. The van der Waals surface area contributed by atoms with Crippen molar-refractivity contribution in [1.29, 1.82) is 0 Å². The topological polar surface area (TPSA) is 66.9 Å². The molecule has 2 aromatic heterocycles. The summed E-state index contributed by atoms with van der Waals surface area (Å²) in [5, 5.41) is 3.49. The fraction of sp³-hybridized carbons (Fsp3) is 0. The Labute approximate surface area is 333 Å². The Morgan fingerprint density at radius 3 is 0.966 bits per heavy atom. The maximum Gasteiger partial charge on any atom is 0.344 e. The van der Waals surface area contributed by atoms with Crippen LogP contribution >= 0.6 is 0 Å². The third kappa shape index (κ3) is 6.48. The van der Waals surface area contributed by atoms with Crippen LogP contribution in [0.5, 0.6) is 0 Å². The van der Waals surface area contributed by atoms with E-state index in [0.29, 0.717) is 22.3 Å². The van der Waals surface area contributed by atoms with Gasteiger partial charge in [0, 0.05) is 57.0 Å². The average Bonchev–Trinajstić information content (AvgIpc) is 3.27. The van der Waals surface area contributed by atoms with E-state index in [1.165, 1.54) is 0 Å². The zero-order valence-electron chi connectivity index (χ0n) is 31.2. The molecule has 10 aromatic rings. The molecule has 0 saturated carbocycles. The maximum atomic E-state index is 13.5. The van der Waals surface area contributed by atoms with E-state index < -0.39 is 11.3 Å². The predicted molar refractivity (Wildman–Crippen MR) is 236 cm³/mol. The average molecular weight is 751 g/mol. The number of benzene rings is 8. The quantitative estimate of drug-likeness (QED) is 0.144. The SMILES string of the molecule is O=c1oc2cc(N(c3ccccc3)c3ccccc3)ccc2cc1-c1ccc2cc(-c3cc4ccc(N(c5ccccc5)c5ccccc5)cc4oc3=O)ccc2c1. The van der Waals surface area contributed by atoms with Crippen LogP contribution in [0.2, 0.25) is 0 Å². The zero-order valence-corrected chi connectivity index (χ0v) is 31.2. The number of para-hydroxylation sites is 4. The second-order valence-electron chi connectivity index (χ2n) is 14.1. The van der Waals surface area contributed by atoms with Crippen molar-refractivity contribution in [2.45, 2.75) is 0 Å². The van der Waals surface area contributed by atoms with Gasteiger partial charge in [0.05, 0.1) is 11.1 Å². The highest BCUT2D eigenvalue weighted by atomic mass is 16.4. The Bertz CT molecular complexity index is 2920. The molecule has 0 amide bonds. The first kappa shape index (κ1) is 34.5. The maximum absolute atomic E-state index is 13.5. The molecule has 276 valence electrons. The van der Waals surface area contributed by atoms with E-state index in [1.54, 1.807) is 0 Å². The van der Waals surface area contributed by atoms with Gasteiger partial charge in [0.25, 0.3) is 0 Å². The summed E-state index contributed by atoms with van der Waals surface area (Å²) < 4.78 is 12.0. The van der Waals surface area contributed by atoms with Gasteiger partial charge < -0.3 is 18.6 Å². The van der Waals surface area contributed by atoms with Crippen molar-refractivity contribution in [3.05, 3.63) is 227 Å². The summed E-state index contributed by atoms with van der Waals surface area (Å²) in [7, 11) is 0. The Morgan fingerprint density at radius 1 is 0.293 bits per heavy atom. The molecule has 0 bridgehead atoms. The molecule has 58 heavy (non-hydrogen) atoms. The predicted octanol–water partition coefficient (Wildman–Crippen LogP) is 13.3. The zero-order chi connectivity index (χ0) is 39.0. The summed E-state index contributed by atoms with van der Waals surface area (Å²) >= 11 is 0. The molecule has 0 aliphatic rings. The summed E-state index contributed by atoms with van der Waals surface area (Å²) in [4.78, 5) is 31.4. The summed E-state index contributed by atoms with van der Waals surface area (Å²) in [6, 6.07) is 67.8. The van der Waals surface area contributed by atoms with E-state index in [1.807, 2.05) is 158 Å². The summed E-state index contributed by atoms with van der Waals surface area (Å²) in [5.74, 6) is 0. The first-order valence-corrected chi connectivity index (χ1v) is 19.1. The first-order valence-electron chi connectivity index (χ1n) is 19.1. The molecule has 0 aliphatic carbocycles. The van der Waals surface area contributed by atoms with Crippen LogP contribution < -0.4 is 21.1 Å². The van der Waals surface area contributed by atoms with Gasteiger partial charge in [0.1, 0.15) is 11.2 Å². The summed E-state index contributed by atoms with van der Waals surface area (Å²) in [6.07, 6.45) is 0. The van der Waals surface area contributed by atoms with Gasteiger partial charge in [-0.25, -0.2) is 9.59 Å². The Balaban J connectivity index is 0.959. The number of nitrogens with zero attached hydrogens (tertiary/aromatic N) is 2. The van der Waals surface area contributed by atoms with Crippen LogP contribution in [0.25, 0.3) is 55.0 Å². The van der Waals surface area contributed by atoms with Gasteiger partial charge in [0.2, 0.25) is 0 Å². The molecule has 0 saturated heterocycles. The Hall–Kier alpha value is -7.96. The molecular formula is C52H34N2O4. The molecule has 10 rings (SSSR count). The van der Waals surface area contributed by atoms with Crippen molar-refractivity contribution >= 4 is 66.8 Å². The van der Waals surface area contributed by atoms with Gasteiger partial charge in [-0.2, -0.15) is 0 Å². The highest BCUT2D eigenvalue weighted by Crippen LogP contribution is 2.38. The van der Waals surface area contributed by atoms with Crippen molar-refractivity contribution < 1.29 is 8.83 Å². The molecule has 2 heterocycles. The van der Waals surface area contributed by atoms with Crippen LogP contribution in [0, 0.1) is 0 Å². The summed E-state index contributed by atoms with van der Waals surface area (Å²) in [6.45, 7) is 0. The van der Waals surface area contributed by atoms with E-state index in [-0.39, 0.29) is 0 Å². The second-order valence-corrected chi connectivity index (χ2v) is 14.1. The van der Waals surface area contributed by atoms with Crippen LogP contribution in [-0.4, -0.2) is 0 Å². The number of rotatable bonds is 8. The normalized spacial score (nSPS) is 11.2. The lowest BCUT2D eigenvalue weighted by molar-refractivity contribution is 0.563. The van der Waals surface area contributed by atoms with Gasteiger partial charge in [-0.1, -0.05) is 97.1 Å². The lowest BCUT2D eigenvalue weighted by Crippen LogP contribution is -2.10. The minimum Gasteiger partial charge on any atom is -0.422 e. The van der Waals surface area contributed by atoms with Crippen molar-refractivity contribution in [3.63, 3.8) is 0 Å². The lowest BCUT2D eigenvalue weighted by atomic mass is 9.98. The van der Waals surface area contributed by atoms with Crippen LogP contribution in [0.3, 0.4) is 0 Å². The molecule has 0 atom stereocenters. The smallest absolute Gasteiger partial charge is 0.344 e. The number of hydrogen-bond donors (Lipinski definition) is 0. The lowest BCUT2D eigenvalue weighted by Gasteiger charge is -2.25. The van der Waals surface area contributed by atoms with Gasteiger partial charge in [0.15, 0.2) is 0 Å². The first-order chi connectivity index (χ1) is 28.6. The molecule has 0 N–H and O–H groups in total. The Morgan fingerprint density at radius 2 is 0.621 bits per heavy atom. The van der Waals surface area contributed by atoms with Gasteiger partial charge in [-0.3, -0.25) is 0 Å².